The van der Waals surface area contributed by atoms with Crippen LogP contribution in [0.4, 0.5) is 0 Å². The van der Waals surface area contributed by atoms with Crippen LogP contribution in [0.5, 0.6) is 11.5 Å². The number of Topliss-reactive ketones (excluding diaryl/α,β-unsaturated/α-hetero) is 1. The molecule has 0 spiro atoms. The lowest BCUT2D eigenvalue weighted by molar-refractivity contribution is -0.271. The Labute approximate surface area is 488 Å². The van der Waals surface area contributed by atoms with Crippen molar-refractivity contribution in [3.05, 3.63) is 58.7 Å². The van der Waals surface area contributed by atoms with Crippen LogP contribution in [-0.2, 0) is 84.7 Å². The first-order chi connectivity index (χ1) is 40.7. The van der Waals surface area contributed by atoms with Crippen LogP contribution in [0.25, 0.3) is 0 Å². The van der Waals surface area contributed by atoms with Crippen LogP contribution in [0.2, 0.25) is 0 Å². The van der Waals surface area contributed by atoms with E-state index in [2.05, 4.69) is 26.1 Å². The van der Waals surface area contributed by atoms with Gasteiger partial charge in [-0.3, -0.25) is 33.6 Å². The molecule has 31 heteroatoms. The van der Waals surface area contributed by atoms with Crippen molar-refractivity contribution in [1.82, 2.24) is 21.3 Å². The molecule has 2 aromatic rings. The number of benzene rings is 2. The van der Waals surface area contributed by atoms with Crippen LogP contribution in [-0.4, -0.2) is 230 Å². The van der Waals surface area contributed by atoms with Crippen molar-refractivity contribution in [2.45, 2.75) is 133 Å². The highest BCUT2D eigenvalue weighted by Crippen LogP contribution is 2.29. The van der Waals surface area contributed by atoms with Crippen molar-refractivity contribution in [3.8, 4) is 11.5 Å². The molecule has 476 valence electrons. The number of carboxylic acids is 1. The fraction of sp³-hybridized carbons (Fsp3) is 0.630. The quantitative estimate of drug-likeness (QED) is 0.0179. The average molecular weight is 1210 g/mol. The second-order valence-corrected chi connectivity index (χ2v) is 19.3. The molecule has 2 saturated heterocycles. The largest absolute Gasteiger partial charge is 0.479 e. The molecule has 2 aliphatic rings. The molecule has 85 heavy (non-hydrogen) atoms. The molecular formula is C54H79N5O26. The smallest absolute Gasteiger partial charge is 0.335 e. The molecule has 4 amide bonds. The first kappa shape index (κ1) is 70.9. The van der Waals surface area contributed by atoms with Gasteiger partial charge in [-0.2, -0.15) is 0 Å². The summed E-state index contributed by atoms with van der Waals surface area (Å²) in [7, 11) is 0. The molecule has 0 aliphatic carbocycles. The summed E-state index contributed by atoms with van der Waals surface area (Å²) in [4.78, 5) is 104. The summed E-state index contributed by atoms with van der Waals surface area (Å²) in [5.41, 5.74) is 0.713. The van der Waals surface area contributed by atoms with E-state index >= 15 is 0 Å². The normalized spacial score (nSPS) is 21.4. The topological polar surface area (TPSA) is 454 Å². The number of aliphatic hydroxyl groups is 6. The number of unbranched alkanes of at least 4 members (excludes halogenated alkanes) is 1. The fourth-order valence-corrected chi connectivity index (χ4v) is 8.06. The molecular weight excluding hydrogens is 1130 g/mol. The summed E-state index contributed by atoms with van der Waals surface area (Å²) < 4.78 is 53.9. The lowest BCUT2D eigenvalue weighted by Gasteiger charge is -2.38. The molecule has 31 nitrogen and oxygen atoms in total. The van der Waals surface area contributed by atoms with E-state index in [0.717, 1.165) is 0 Å². The van der Waals surface area contributed by atoms with Gasteiger partial charge in [-0.15, -0.1) is 0 Å². The van der Waals surface area contributed by atoms with Crippen LogP contribution in [0.1, 0.15) is 90.6 Å². The van der Waals surface area contributed by atoms with Gasteiger partial charge < -0.3 is 109 Å². The zero-order chi connectivity index (χ0) is 62.3. The summed E-state index contributed by atoms with van der Waals surface area (Å²) in [5, 5.41) is 81.0. The van der Waals surface area contributed by atoms with Gasteiger partial charge in [-0.05, 0) is 61.1 Å². The second-order valence-electron chi connectivity index (χ2n) is 19.3. The molecule has 2 aromatic carbocycles. The van der Waals surface area contributed by atoms with E-state index in [9.17, 15) is 74.1 Å². The summed E-state index contributed by atoms with van der Waals surface area (Å²) in [6.45, 7) is 2.91. The number of aliphatic carboxylic acids is 1. The SMILES string of the molecule is CC(=O)OCc1ccc(O[C@@H]2O[C@H](C(=O)O)[C@@H](O)[C@H](O)[C@H]2O)c(C(=O)NCCOCCOCCC(=O)NCCCC[C@H](NC(=O)CCOCCOCCNC(=O)c2cc(COC(C)=O)ccc2O[C@@H]2OC[C@@H](O)[C@H](O)[C@H]2O)C(=O)CCCON)c1. The minimum absolute atomic E-state index is 0.00341. The minimum atomic E-state index is -1.96. The van der Waals surface area contributed by atoms with Gasteiger partial charge in [0, 0.05) is 52.7 Å². The Hall–Kier alpha value is -6.56. The molecule has 0 saturated carbocycles. The first-order valence-corrected chi connectivity index (χ1v) is 27.4. The van der Waals surface area contributed by atoms with E-state index in [1.54, 1.807) is 0 Å². The molecule has 4 rings (SSSR count). The number of carbonyl (C=O) groups excluding carboxylic acids is 7. The number of nitrogens with one attached hydrogen (secondary N) is 4. The van der Waals surface area contributed by atoms with Gasteiger partial charge in [-0.25, -0.2) is 10.7 Å². The number of hydrogen-bond acceptors (Lipinski definition) is 26. The highest BCUT2D eigenvalue weighted by molar-refractivity contribution is 5.98. The van der Waals surface area contributed by atoms with Crippen molar-refractivity contribution in [3.63, 3.8) is 0 Å². The van der Waals surface area contributed by atoms with Crippen molar-refractivity contribution < 1.29 is 126 Å². The van der Waals surface area contributed by atoms with Gasteiger partial charge in [0.25, 0.3) is 11.8 Å². The Morgan fingerprint density at radius 2 is 1.09 bits per heavy atom. The molecule has 0 bridgehead atoms. The van der Waals surface area contributed by atoms with Crippen molar-refractivity contribution in [2.24, 2.45) is 5.90 Å². The second kappa shape index (κ2) is 38.5. The monoisotopic (exact) mass is 1210 g/mol. The summed E-state index contributed by atoms with van der Waals surface area (Å²) >= 11 is 0. The third-order valence-corrected chi connectivity index (χ3v) is 12.6. The van der Waals surface area contributed by atoms with E-state index in [0.29, 0.717) is 43.4 Å². The lowest BCUT2D eigenvalue weighted by atomic mass is 9.99. The maximum absolute atomic E-state index is 13.3. The van der Waals surface area contributed by atoms with E-state index in [1.165, 1.54) is 50.2 Å². The zero-order valence-electron chi connectivity index (χ0n) is 47.3. The van der Waals surface area contributed by atoms with Gasteiger partial charge in [0.15, 0.2) is 11.9 Å². The van der Waals surface area contributed by atoms with Gasteiger partial charge in [0.1, 0.15) is 61.3 Å². The molecule has 2 heterocycles. The van der Waals surface area contributed by atoms with Crippen molar-refractivity contribution >= 4 is 47.3 Å². The predicted molar refractivity (Wildman–Crippen MR) is 288 cm³/mol. The highest BCUT2D eigenvalue weighted by Gasteiger charge is 2.48. The van der Waals surface area contributed by atoms with Crippen LogP contribution in [0, 0.1) is 0 Å². The zero-order valence-corrected chi connectivity index (χ0v) is 47.3. The summed E-state index contributed by atoms with van der Waals surface area (Å²) in [6.07, 6.45) is -13.7. The molecule has 0 aromatic heterocycles. The van der Waals surface area contributed by atoms with E-state index in [4.69, 9.17) is 53.3 Å². The number of rotatable bonds is 40. The maximum Gasteiger partial charge on any atom is 0.335 e. The number of hydrogen-bond donors (Lipinski definition) is 12. The molecule has 10 atom stereocenters. The molecule has 2 fully saturated rings. The lowest BCUT2D eigenvalue weighted by Crippen LogP contribution is -2.61. The van der Waals surface area contributed by atoms with Crippen molar-refractivity contribution in [2.75, 3.05) is 85.7 Å². The molecule has 0 unspecified atom stereocenters. The Bertz CT molecular complexity index is 2450. The van der Waals surface area contributed by atoms with Gasteiger partial charge in [0.05, 0.1) is 83.2 Å². The number of carboxylic acid groups (broad SMARTS) is 1. The van der Waals surface area contributed by atoms with E-state index in [-0.39, 0.29) is 146 Å². The number of aliphatic hydroxyl groups excluding tert-OH is 6. The molecule has 0 radical (unpaired) electrons. The van der Waals surface area contributed by atoms with Gasteiger partial charge >= 0.3 is 17.9 Å². The van der Waals surface area contributed by atoms with Crippen LogP contribution >= 0.6 is 0 Å². The van der Waals surface area contributed by atoms with E-state index in [1.807, 2.05) is 0 Å². The average Bonchev–Trinajstić information content (AvgIpc) is 3.21. The minimum Gasteiger partial charge on any atom is -0.479 e. The van der Waals surface area contributed by atoms with Gasteiger partial charge in [0.2, 0.25) is 24.4 Å². The first-order valence-electron chi connectivity index (χ1n) is 27.4. The molecule has 2 aliphatic heterocycles. The fourth-order valence-electron chi connectivity index (χ4n) is 8.06. The molecule has 13 N–H and O–H groups in total. The number of amides is 4. The summed E-state index contributed by atoms with van der Waals surface area (Å²) in [5.74, 6) is -0.0519. The van der Waals surface area contributed by atoms with E-state index < -0.39 is 97.0 Å². The maximum atomic E-state index is 13.3. The van der Waals surface area contributed by atoms with Crippen LogP contribution in [0.15, 0.2) is 36.4 Å². The summed E-state index contributed by atoms with van der Waals surface area (Å²) in [6, 6.07) is 7.64. The number of ketones is 1. The van der Waals surface area contributed by atoms with Crippen LogP contribution in [0.3, 0.4) is 0 Å². The Morgan fingerprint density at radius 3 is 1.62 bits per heavy atom. The van der Waals surface area contributed by atoms with Crippen LogP contribution < -0.4 is 36.6 Å². The Balaban J connectivity index is 1.07. The number of esters is 2. The Kier molecular flexibility index (Phi) is 32.1. The third kappa shape index (κ3) is 25.5. The highest BCUT2D eigenvalue weighted by atomic mass is 16.7. The third-order valence-electron chi connectivity index (χ3n) is 12.6. The Morgan fingerprint density at radius 1 is 0.576 bits per heavy atom. The standard InChI is InChI=1S/C54H79N5O26/c1-31(60)79-28-33-8-10-40(83-53-47(69)44(66)39(63)30-81-53)35(26-33)50(71)57-15-20-78-25-23-76-19-13-43(65)59-37(38(62)7-5-17-82-55)6-3-4-14-56-42(64)12-18-75-22-24-77-21-16-58-51(72)36-27-34(29-80-32(2)61)9-11-41(36)84-54-48(70)45(67)46(68)49(85-54)52(73)74/h8-11,26-27,37,39,44-49,53-54,63,66-70H,3-7,12-25,28-30,55H2,1-2H3,(H,56,64)(H,57,71)(H,58,72)(H,59,65)(H,73,74)/t37-,39+,44-,45-,46-,47+,48+,49-,53-,54+/m0/s1. The van der Waals surface area contributed by atoms with Gasteiger partial charge in [-0.1, -0.05) is 12.1 Å². The number of carbonyl (C=O) groups is 8. The van der Waals surface area contributed by atoms with Crippen molar-refractivity contribution in [1.29, 1.82) is 0 Å². The number of ether oxygens (including phenoxy) is 10. The number of nitrogens with two attached hydrogens (primary N) is 1. The predicted octanol–water partition coefficient (Wildman–Crippen LogP) is -3.08.